The number of hydrogen-bond acceptors (Lipinski definition) is 4. The van der Waals surface area contributed by atoms with Gasteiger partial charge >= 0.3 is 0 Å². The molecule has 1 rings (SSSR count). The highest BCUT2D eigenvalue weighted by Gasteiger charge is 2.21. The molecule has 88 valence electrons. The van der Waals surface area contributed by atoms with E-state index in [1.54, 1.807) is 7.11 Å². The number of nitrogens with zero attached hydrogens (tertiary/aromatic N) is 2. The van der Waals surface area contributed by atoms with E-state index in [0.717, 1.165) is 26.2 Å². The zero-order valence-corrected chi connectivity index (χ0v) is 9.61. The van der Waals surface area contributed by atoms with Crippen molar-refractivity contribution in [1.82, 2.24) is 4.90 Å². The van der Waals surface area contributed by atoms with E-state index in [0.29, 0.717) is 19.0 Å². The molecule has 0 bridgehead atoms. The molecular weight excluding hydrogens is 194 g/mol. The second kappa shape index (κ2) is 6.76. The summed E-state index contributed by atoms with van der Waals surface area (Å²) in [5.74, 6) is 0.588. The molecule has 1 heterocycles. The van der Waals surface area contributed by atoms with Crippen molar-refractivity contribution in [2.75, 3.05) is 46.5 Å². The Morgan fingerprint density at radius 3 is 3.13 bits per heavy atom. The summed E-state index contributed by atoms with van der Waals surface area (Å²) in [6.07, 6.45) is -0.0458. The molecule has 0 aromatic carbocycles. The van der Waals surface area contributed by atoms with Gasteiger partial charge in [-0.1, -0.05) is 6.92 Å². The molecule has 0 aromatic heterocycles. The number of methoxy groups -OCH3 is 1. The number of morpholine rings is 1. The van der Waals surface area contributed by atoms with Gasteiger partial charge in [0, 0.05) is 20.2 Å². The van der Waals surface area contributed by atoms with Crippen LogP contribution in [0.25, 0.3) is 0 Å². The monoisotopic (exact) mass is 215 g/mol. The largest absolute Gasteiger partial charge is 0.385 e. The van der Waals surface area contributed by atoms with Gasteiger partial charge in [-0.2, -0.15) is 0 Å². The van der Waals surface area contributed by atoms with Crippen LogP contribution < -0.4 is 5.73 Å². The van der Waals surface area contributed by atoms with Gasteiger partial charge in [-0.05, 0) is 6.54 Å². The topological polar surface area (TPSA) is 60.1 Å². The molecule has 0 amide bonds. The Labute approximate surface area is 91.2 Å². The minimum absolute atomic E-state index is 0.0458. The molecule has 1 fully saturated rings. The summed E-state index contributed by atoms with van der Waals surface area (Å²) in [4.78, 5) is 6.54. The van der Waals surface area contributed by atoms with Crippen molar-refractivity contribution in [3.63, 3.8) is 0 Å². The number of ether oxygens (including phenoxy) is 2. The SMILES string of the molecule is CCN1CCOC(C(N)=NCCOC)C1. The molecule has 0 aliphatic carbocycles. The molecule has 0 spiro atoms. The van der Waals surface area contributed by atoms with Gasteiger partial charge in [0.1, 0.15) is 11.9 Å². The highest BCUT2D eigenvalue weighted by atomic mass is 16.5. The smallest absolute Gasteiger partial charge is 0.127 e. The van der Waals surface area contributed by atoms with E-state index in [4.69, 9.17) is 15.2 Å². The number of aliphatic imine (C=N–C) groups is 1. The first-order valence-corrected chi connectivity index (χ1v) is 5.40. The first-order chi connectivity index (χ1) is 7.27. The van der Waals surface area contributed by atoms with Gasteiger partial charge in [0.05, 0.1) is 19.8 Å². The van der Waals surface area contributed by atoms with Gasteiger partial charge in [-0.15, -0.1) is 0 Å². The maximum atomic E-state index is 5.85. The Morgan fingerprint density at radius 2 is 2.47 bits per heavy atom. The van der Waals surface area contributed by atoms with Crippen LogP contribution in [0.5, 0.6) is 0 Å². The van der Waals surface area contributed by atoms with Gasteiger partial charge < -0.3 is 15.2 Å². The highest BCUT2D eigenvalue weighted by Crippen LogP contribution is 2.04. The lowest BCUT2D eigenvalue weighted by Crippen LogP contribution is -2.48. The Balaban J connectivity index is 2.37. The summed E-state index contributed by atoms with van der Waals surface area (Å²) in [5.41, 5.74) is 5.85. The molecule has 2 N–H and O–H groups in total. The minimum atomic E-state index is -0.0458. The van der Waals surface area contributed by atoms with Crippen molar-refractivity contribution < 1.29 is 9.47 Å². The third kappa shape index (κ3) is 4.15. The van der Waals surface area contributed by atoms with Crippen LogP contribution in [0.15, 0.2) is 4.99 Å². The van der Waals surface area contributed by atoms with Crippen molar-refractivity contribution in [3.8, 4) is 0 Å². The van der Waals surface area contributed by atoms with Crippen molar-refractivity contribution in [3.05, 3.63) is 0 Å². The molecule has 15 heavy (non-hydrogen) atoms. The quantitative estimate of drug-likeness (QED) is 0.389. The van der Waals surface area contributed by atoms with Crippen LogP contribution in [0, 0.1) is 0 Å². The van der Waals surface area contributed by atoms with Crippen LogP contribution in [0.1, 0.15) is 6.92 Å². The summed E-state index contributed by atoms with van der Waals surface area (Å²) in [5, 5.41) is 0. The molecule has 0 radical (unpaired) electrons. The lowest BCUT2D eigenvalue weighted by molar-refractivity contribution is 0.00806. The maximum absolute atomic E-state index is 5.85. The number of hydrogen-bond donors (Lipinski definition) is 1. The van der Waals surface area contributed by atoms with Crippen LogP contribution in [0.3, 0.4) is 0 Å². The fourth-order valence-corrected chi connectivity index (χ4v) is 1.54. The molecule has 1 unspecified atom stereocenters. The zero-order valence-electron chi connectivity index (χ0n) is 9.61. The predicted octanol–water partition coefficient (Wildman–Crippen LogP) is -0.289. The highest BCUT2D eigenvalue weighted by molar-refractivity contribution is 5.85. The van der Waals surface area contributed by atoms with Crippen LogP contribution in [0.4, 0.5) is 0 Å². The summed E-state index contributed by atoms with van der Waals surface area (Å²) in [7, 11) is 1.65. The summed E-state index contributed by atoms with van der Waals surface area (Å²) in [6.45, 7) is 6.95. The maximum Gasteiger partial charge on any atom is 0.127 e. The molecule has 1 aliphatic heterocycles. The third-order valence-electron chi connectivity index (χ3n) is 2.52. The number of likely N-dealkylation sites (N-methyl/N-ethyl adjacent to an activating group) is 1. The van der Waals surface area contributed by atoms with E-state index in [1.807, 2.05) is 0 Å². The predicted molar refractivity (Wildman–Crippen MR) is 60.2 cm³/mol. The fraction of sp³-hybridized carbons (Fsp3) is 0.900. The van der Waals surface area contributed by atoms with Crippen LogP contribution in [0.2, 0.25) is 0 Å². The van der Waals surface area contributed by atoms with Crippen LogP contribution >= 0.6 is 0 Å². The summed E-state index contributed by atoms with van der Waals surface area (Å²) < 4.78 is 10.5. The molecular formula is C10H21N3O2. The second-order valence-corrected chi connectivity index (χ2v) is 3.55. The van der Waals surface area contributed by atoms with Gasteiger partial charge in [0.25, 0.3) is 0 Å². The van der Waals surface area contributed by atoms with Crippen molar-refractivity contribution in [2.24, 2.45) is 10.7 Å². The van der Waals surface area contributed by atoms with Gasteiger partial charge in [0.2, 0.25) is 0 Å². The number of rotatable bonds is 5. The van der Waals surface area contributed by atoms with Crippen molar-refractivity contribution >= 4 is 5.84 Å². The second-order valence-electron chi connectivity index (χ2n) is 3.55. The zero-order chi connectivity index (χ0) is 11.1. The Bertz CT molecular complexity index is 209. The first-order valence-electron chi connectivity index (χ1n) is 5.40. The molecule has 5 nitrogen and oxygen atoms in total. The number of amidine groups is 1. The molecule has 1 atom stereocenters. The van der Waals surface area contributed by atoms with Gasteiger partial charge in [-0.25, -0.2) is 0 Å². The molecule has 0 saturated carbocycles. The van der Waals surface area contributed by atoms with E-state index in [1.165, 1.54) is 0 Å². The molecule has 5 heteroatoms. The van der Waals surface area contributed by atoms with E-state index >= 15 is 0 Å². The van der Waals surface area contributed by atoms with Crippen molar-refractivity contribution in [2.45, 2.75) is 13.0 Å². The summed E-state index contributed by atoms with van der Waals surface area (Å²) >= 11 is 0. The van der Waals surface area contributed by atoms with Crippen LogP contribution in [-0.2, 0) is 9.47 Å². The Kier molecular flexibility index (Phi) is 5.60. The van der Waals surface area contributed by atoms with Gasteiger partial charge in [0.15, 0.2) is 0 Å². The molecule has 0 aromatic rings. The average molecular weight is 215 g/mol. The summed E-state index contributed by atoms with van der Waals surface area (Å²) in [6, 6.07) is 0. The average Bonchev–Trinajstić information content (AvgIpc) is 2.29. The standard InChI is InChI=1S/C10H21N3O2/c1-3-13-5-7-15-9(8-13)10(11)12-4-6-14-2/h9H,3-8H2,1-2H3,(H2,11,12). The molecule has 1 saturated heterocycles. The van der Waals surface area contributed by atoms with E-state index in [9.17, 15) is 0 Å². The lowest BCUT2D eigenvalue weighted by atomic mass is 10.2. The Hall–Kier alpha value is -0.650. The van der Waals surface area contributed by atoms with Crippen molar-refractivity contribution in [1.29, 1.82) is 0 Å². The third-order valence-corrected chi connectivity index (χ3v) is 2.52. The van der Waals surface area contributed by atoms with E-state index in [-0.39, 0.29) is 6.10 Å². The van der Waals surface area contributed by atoms with Crippen LogP contribution in [-0.4, -0.2) is 63.3 Å². The Morgan fingerprint density at radius 1 is 1.67 bits per heavy atom. The minimum Gasteiger partial charge on any atom is -0.385 e. The fourth-order valence-electron chi connectivity index (χ4n) is 1.54. The lowest BCUT2D eigenvalue weighted by Gasteiger charge is -2.31. The first kappa shape index (κ1) is 12.4. The van der Waals surface area contributed by atoms with E-state index < -0.39 is 0 Å². The molecule has 1 aliphatic rings. The van der Waals surface area contributed by atoms with E-state index in [2.05, 4.69) is 16.8 Å². The van der Waals surface area contributed by atoms with Gasteiger partial charge in [-0.3, -0.25) is 9.89 Å². The number of nitrogens with two attached hydrogens (primary N) is 1. The normalized spacial score (nSPS) is 24.4.